The SMILES string of the molecule is CCCS(=O)(=O)Nc1cc(F)cc(C(=O)c2cc3nccnc3cn2)c1. The number of hydrogen-bond acceptors (Lipinski definition) is 6. The number of nitrogens with one attached hydrogen (secondary N) is 1. The predicted octanol–water partition coefficient (Wildman–Crippen LogP) is 2.55. The summed E-state index contributed by atoms with van der Waals surface area (Å²) in [5.74, 6) is -1.38. The largest absolute Gasteiger partial charge is 0.287 e. The van der Waals surface area contributed by atoms with E-state index in [1.54, 1.807) is 6.92 Å². The molecule has 0 aliphatic rings. The second-order valence-corrected chi connectivity index (χ2v) is 7.44. The highest BCUT2D eigenvalue weighted by Gasteiger charge is 2.16. The van der Waals surface area contributed by atoms with Gasteiger partial charge >= 0.3 is 0 Å². The van der Waals surface area contributed by atoms with Gasteiger partial charge in [0.05, 0.1) is 23.2 Å². The molecule has 0 spiro atoms. The van der Waals surface area contributed by atoms with Crippen LogP contribution in [0.5, 0.6) is 0 Å². The number of hydrogen-bond donors (Lipinski definition) is 1. The zero-order valence-electron chi connectivity index (χ0n) is 13.8. The molecule has 3 rings (SSSR count). The lowest BCUT2D eigenvalue weighted by Crippen LogP contribution is -2.16. The highest BCUT2D eigenvalue weighted by molar-refractivity contribution is 7.92. The molecule has 0 amide bonds. The van der Waals surface area contributed by atoms with Crippen LogP contribution in [0.25, 0.3) is 11.0 Å². The van der Waals surface area contributed by atoms with E-state index in [0.29, 0.717) is 17.5 Å². The fraction of sp³-hybridized carbons (Fsp3) is 0.176. The minimum atomic E-state index is -3.60. The summed E-state index contributed by atoms with van der Waals surface area (Å²) < 4.78 is 39.9. The van der Waals surface area contributed by atoms with Crippen molar-refractivity contribution in [3.05, 3.63) is 59.9 Å². The standard InChI is InChI=1S/C17H15FN4O3S/c1-2-5-26(24,25)22-13-7-11(6-12(18)8-13)17(23)15-9-14-16(10-21-15)20-4-3-19-14/h3-4,6-10,22H,2,5H2,1H3. The Hall–Kier alpha value is -2.94. The minimum Gasteiger partial charge on any atom is -0.287 e. The first-order valence-corrected chi connectivity index (χ1v) is 9.46. The Morgan fingerprint density at radius 1 is 1.08 bits per heavy atom. The molecule has 0 fully saturated rings. The van der Waals surface area contributed by atoms with Crippen LogP contribution in [-0.2, 0) is 10.0 Å². The van der Waals surface area contributed by atoms with E-state index in [1.165, 1.54) is 30.7 Å². The van der Waals surface area contributed by atoms with Gasteiger partial charge in [-0.1, -0.05) is 6.92 Å². The van der Waals surface area contributed by atoms with E-state index in [0.717, 1.165) is 12.1 Å². The number of benzene rings is 1. The van der Waals surface area contributed by atoms with Gasteiger partial charge in [0.2, 0.25) is 15.8 Å². The Balaban J connectivity index is 1.96. The van der Waals surface area contributed by atoms with Crippen LogP contribution in [0.3, 0.4) is 0 Å². The van der Waals surface area contributed by atoms with Crippen molar-refractivity contribution >= 4 is 32.5 Å². The molecule has 9 heteroatoms. The Kier molecular flexibility index (Phi) is 4.90. The second kappa shape index (κ2) is 7.12. The highest BCUT2D eigenvalue weighted by atomic mass is 32.2. The van der Waals surface area contributed by atoms with Gasteiger partial charge in [-0.25, -0.2) is 12.8 Å². The summed E-state index contributed by atoms with van der Waals surface area (Å²) in [6, 6.07) is 4.78. The summed E-state index contributed by atoms with van der Waals surface area (Å²) in [5.41, 5.74) is 1.03. The van der Waals surface area contributed by atoms with E-state index >= 15 is 0 Å². The molecule has 0 aliphatic heterocycles. The number of ketones is 1. The van der Waals surface area contributed by atoms with Crippen molar-refractivity contribution in [1.29, 1.82) is 0 Å². The van der Waals surface area contributed by atoms with Gasteiger partial charge in [-0.2, -0.15) is 0 Å². The molecule has 0 saturated carbocycles. The molecule has 3 aromatic rings. The van der Waals surface area contributed by atoms with Gasteiger partial charge < -0.3 is 0 Å². The Bertz CT molecular complexity index is 1090. The second-order valence-electron chi connectivity index (χ2n) is 5.59. The number of anilines is 1. The Morgan fingerprint density at radius 3 is 2.54 bits per heavy atom. The van der Waals surface area contributed by atoms with Crippen LogP contribution in [-0.4, -0.2) is 34.9 Å². The number of carbonyl (C=O) groups excluding carboxylic acids is 1. The Morgan fingerprint density at radius 2 is 1.81 bits per heavy atom. The van der Waals surface area contributed by atoms with Crippen molar-refractivity contribution in [2.75, 3.05) is 10.5 Å². The molecular weight excluding hydrogens is 359 g/mol. The zero-order valence-corrected chi connectivity index (χ0v) is 14.6. The van der Waals surface area contributed by atoms with Crippen LogP contribution in [0.2, 0.25) is 0 Å². The van der Waals surface area contributed by atoms with Crippen LogP contribution in [0.1, 0.15) is 29.4 Å². The fourth-order valence-corrected chi connectivity index (χ4v) is 3.54. The first-order chi connectivity index (χ1) is 12.4. The first kappa shape index (κ1) is 17.9. The van der Waals surface area contributed by atoms with Crippen molar-refractivity contribution in [2.45, 2.75) is 13.3 Å². The van der Waals surface area contributed by atoms with Crippen molar-refractivity contribution < 1.29 is 17.6 Å². The molecule has 0 saturated heterocycles. The van der Waals surface area contributed by atoms with Gasteiger partial charge in [0.25, 0.3) is 0 Å². The lowest BCUT2D eigenvalue weighted by Gasteiger charge is -2.09. The van der Waals surface area contributed by atoms with Gasteiger partial charge in [-0.05, 0) is 30.7 Å². The molecule has 0 radical (unpaired) electrons. The molecule has 1 N–H and O–H groups in total. The van der Waals surface area contributed by atoms with Crippen LogP contribution in [0, 0.1) is 5.82 Å². The van der Waals surface area contributed by atoms with Crippen LogP contribution in [0.15, 0.2) is 42.9 Å². The van der Waals surface area contributed by atoms with Gasteiger partial charge in [-0.3, -0.25) is 24.5 Å². The van der Waals surface area contributed by atoms with Crippen LogP contribution >= 0.6 is 0 Å². The summed E-state index contributed by atoms with van der Waals surface area (Å²) in [7, 11) is -3.60. The molecule has 7 nitrogen and oxygen atoms in total. The Labute approximate surface area is 149 Å². The number of nitrogens with zero attached hydrogens (tertiary/aromatic N) is 3. The monoisotopic (exact) mass is 374 g/mol. The summed E-state index contributed by atoms with van der Waals surface area (Å²) in [5, 5.41) is 0. The maximum atomic E-state index is 13.9. The smallest absolute Gasteiger partial charge is 0.232 e. The molecule has 26 heavy (non-hydrogen) atoms. The number of aromatic nitrogens is 3. The number of carbonyl (C=O) groups is 1. The maximum Gasteiger partial charge on any atom is 0.232 e. The molecule has 0 unspecified atom stereocenters. The zero-order chi connectivity index (χ0) is 18.7. The molecular formula is C17H15FN4O3S. The van der Waals surface area contributed by atoms with E-state index in [2.05, 4.69) is 19.7 Å². The molecule has 0 bridgehead atoms. The molecule has 2 aromatic heterocycles. The predicted molar refractivity (Wildman–Crippen MR) is 94.9 cm³/mol. The summed E-state index contributed by atoms with van der Waals surface area (Å²) in [6.07, 6.45) is 4.81. The van der Waals surface area contributed by atoms with Crippen LogP contribution in [0.4, 0.5) is 10.1 Å². The summed E-state index contributed by atoms with van der Waals surface area (Å²) in [6.45, 7) is 1.72. The molecule has 134 valence electrons. The third-order valence-electron chi connectivity index (χ3n) is 3.49. The van der Waals surface area contributed by atoms with E-state index in [-0.39, 0.29) is 22.7 Å². The van der Waals surface area contributed by atoms with Crippen LogP contribution < -0.4 is 4.72 Å². The van der Waals surface area contributed by atoms with E-state index in [9.17, 15) is 17.6 Å². The van der Waals surface area contributed by atoms with Gasteiger partial charge in [0.1, 0.15) is 17.0 Å². The number of sulfonamides is 1. The number of fused-ring (bicyclic) bond motifs is 1. The quantitative estimate of drug-likeness (QED) is 0.665. The lowest BCUT2D eigenvalue weighted by molar-refractivity contribution is 0.103. The molecule has 0 atom stereocenters. The van der Waals surface area contributed by atoms with E-state index in [4.69, 9.17) is 0 Å². The number of halogens is 1. The van der Waals surface area contributed by atoms with Crippen molar-refractivity contribution in [2.24, 2.45) is 0 Å². The van der Waals surface area contributed by atoms with Gasteiger partial charge in [-0.15, -0.1) is 0 Å². The van der Waals surface area contributed by atoms with Crippen molar-refractivity contribution in [3.8, 4) is 0 Å². The third kappa shape index (κ3) is 3.99. The summed E-state index contributed by atoms with van der Waals surface area (Å²) >= 11 is 0. The van der Waals surface area contributed by atoms with Crippen molar-refractivity contribution in [3.63, 3.8) is 0 Å². The molecule has 1 aromatic carbocycles. The topological polar surface area (TPSA) is 102 Å². The first-order valence-electron chi connectivity index (χ1n) is 7.80. The maximum absolute atomic E-state index is 13.9. The number of pyridine rings is 1. The normalized spacial score (nSPS) is 11.5. The number of rotatable bonds is 6. The fourth-order valence-electron chi connectivity index (χ4n) is 2.42. The average Bonchev–Trinajstić information content (AvgIpc) is 2.59. The minimum absolute atomic E-state index is 0.0117. The van der Waals surface area contributed by atoms with Crippen molar-refractivity contribution in [1.82, 2.24) is 15.0 Å². The summed E-state index contributed by atoms with van der Waals surface area (Å²) in [4.78, 5) is 24.8. The lowest BCUT2D eigenvalue weighted by atomic mass is 10.1. The molecule has 0 aliphatic carbocycles. The van der Waals surface area contributed by atoms with Gasteiger partial charge in [0, 0.05) is 18.0 Å². The van der Waals surface area contributed by atoms with Gasteiger partial charge in [0.15, 0.2) is 0 Å². The molecule has 2 heterocycles. The average molecular weight is 374 g/mol. The van der Waals surface area contributed by atoms with E-state index in [1.807, 2.05) is 0 Å². The highest BCUT2D eigenvalue weighted by Crippen LogP contribution is 2.19. The third-order valence-corrected chi connectivity index (χ3v) is 4.99. The van der Waals surface area contributed by atoms with E-state index < -0.39 is 21.6 Å².